The highest BCUT2D eigenvalue weighted by Gasteiger charge is 2.23. The molecule has 0 radical (unpaired) electrons. The van der Waals surface area contributed by atoms with Crippen LogP contribution in [0.2, 0.25) is 0 Å². The molecule has 0 fully saturated rings. The van der Waals surface area contributed by atoms with Crippen LogP contribution in [-0.2, 0) is 27.4 Å². The van der Waals surface area contributed by atoms with Gasteiger partial charge in [-0.2, -0.15) is 0 Å². The van der Waals surface area contributed by atoms with Crippen LogP contribution in [0.1, 0.15) is 11.1 Å². The number of hydrogen-bond donors (Lipinski definition) is 0. The van der Waals surface area contributed by atoms with Gasteiger partial charge in [0.25, 0.3) is 0 Å². The van der Waals surface area contributed by atoms with Crippen LogP contribution >= 0.6 is 0 Å². The minimum atomic E-state index is -0.128. The first kappa shape index (κ1) is 19.4. The molecule has 0 amide bonds. The van der Waals surface area contributed by atoms with Crippen molar-refractivity contribution in [3.63, 3.8) is 0 Å². The van der Waals surface area contributed by atoms with Crippen molar-refractivity contribution in [1.29, 1.82) is 0 Å². The maximum absolute atomic E-state index is 6.04. The van der Waals surface area contributed by atoms with E-state index in [1.54, 1.807) is 14.2 Å². The van der Waals surface area contributed by atoms with Gasteiger partial charge >= 0.3 is 0 Å². The highest BCUT2D eigenvalue weighted by Crippen LogP contribution is 2.18. The smallest absolute Gasteiger partial charge is 0.118 e. The lowest BCUT2D eigenvalue weighted by Gasteiger charge is -2.28. The van der Waals surface area contributed by atoms with Crippen LogP contribution in [0.3, 0.4) is 0 Å². The Kier molecular flexibility index (Phi) is 7.27. The van der Waals surface area contributed by atoms with Gasteiger partial charge in [0.15, 0.2) is 0 Å². The van der Waals surface area contributed by atoms with Crippen molar-refractivity contribution in [1.82, 2.24) is 0 Å². The monoisotopic (exact) mass is 370 g/mol. The van der Waals surface area contributed by atoms with E-state index in [0.717, 1.165) is 22.6 Å². The van der Waals surface area contributed by atoms with Crippen molar-refractivity contribution < 1.29 is 23.7 Å². The zero-order valence-electron chi connectivity index (χ0n) is 15.8. The minimum absolute atomic E-state index is 0.119. The summed E-state index contributed by atoms with van der Waals surface area (Å²) >= 11 is 0. The van der Waals surface area contributed by atoms with Crippen LogP contribution in [0.5, 0.6) is 11.5 Å². The minimum Gasteiger partial charge on any atom is -0.497 e. The van der Waals surface area contributed by atoms with Crippen molar-refractivity contribution in [2.45, 2.75) is 25.4 Å². The van der Waals surface area contributed by atoms with Crippen LogP contribution in [0, 0.1) is 0 Å². The van der Waals surface area contributed by atoms with Crippen molar-refractivity contribution in [2.24, 2.45) is 0 Å². The van der Waals surface area contributed by atoms with Gasteiger partial charge in [0.1, 0.15) is 23.7 Å². The van der Waals surface area contributed by atoms with Crippen LogP contribution in [0.25, 0.3) is 0 Å². The van der Waals surface area contributed by atoms with E-state index < -0.39 is 0 Å². The molecule has 0 aliphatic carbocycles. The first-order chi connectivity index (χ1) is 13.3. The average Bonchev–Trinajstić information content (AvgIpc) is 2.74. The van der Waals surface area contributed by atoms with E-state index in [-0.39, 0.29) is 12.2 Å². The molecule has 2 atom stereocenters. The largest absolute Gasteiger partial charge is 0.497 e. The van der Waals surface area contributed by atoms with E-state index in [4.69, 9.17) is 23.7 Å². The second-order valence-electron chi connectivity index (χ2n) is 6.29. The molecule has 27 heavy (non-hydrogen) atoms. The lowest BCUT2D eigenvalue weighted by Crippen LogP contribution is -2.36. The molecule has 1 aliphatic rings. The Bertz CT molecular complexity index is 708. The number of hydrogen-bond acceptors (Lipinski definition) is 5. The maximum atomic E-state index is 6.04. The summed E-state index contributed by atoms with van der Waals surface area (Å²) < 4.78 is 28.0. The number of rotatable bonds is 9. The van der Waals surface area contributed by atoms with Gasteiger partial charge in [-0.05, 0) is 35.4 Å². The summed E-state index contributed by atoms with van der Waals surface area (Å²) in [5, 5.41) is 0. The molecule has 0 bridgehead atoms. The van der Waals surface area contributed by atoms with Gasteiger partial charge in [0.2, 0.25) is 0 Å². The highest BCUT2D eigenvalue weighted by molar-refractivity contribution is 5.27. The van der Waals surface area contributed by atoms with Crippen molar-refractivity contribution in [2.75, 3.05) is 27.4 Å². The maximum Gasteiger partial charge on any atom is 0.118 e. The van der Waals surface area contributed by atoms with Gasteiger partial charge < -0.3 is 23.7 Å². The van der Waals surface area contributed by atoms with E-state index in [1.165, 1.54) is 0 Å². The third kappa shape index (κ3) is 5.82. The molecule has 0 spiro atoms. The number of methoxy groups -OCH3 is 2. The van der Waals surface area contributed by atoms with Gasteiger partial charge in [-0.1, -0.05) is 36.4 Å². The molecule has 2 aromatic carbocycles. The van der Waals surface area contributed by atoms with Crippen LogP contribution in [-0.4, -0.2) is 39.6 Å². The van der Waals surface area contributed by atoms with E-state index in [1.807, 2.05) is 54.6 Å². The lowest BCUT2D eigenvalue weighted by atomic mass is 10.1. The van der Waals surface area contributed by atoms with E-state index in [9.17, 15) is 0 Å². The van der Waals surface area contributed by atoms with Gasteiger partial charge in [-0.15, -0.1) is 0 Å². The Balaban J connectivity index is 1.47. The Morgan fingerprint density at radius 2 is 1.44 bits per heavy atom. The normalized spacial score (nSPS) is 19.0. The van der Waals surface area contributed by atoms with E-state index in [2.05, 4.69) is 6.08 Å². The van der Waals surface area contributed by atoms with Gasteiger partial charge in [0, 0.05) is 0 Å². The fraction of sp³-hybridized carbons (Fsp3) is 0.364. The highest BCUT2D eigenvalue weighted by atomic mass is 16.6. The Hall–Kier alpha value is -2.34. The van der Waals surface area contributed by atoms with Crippen molar-refractivity contribution >= 4 is 0 Å². The molecule has 1 aliphatic heterocycles. The van der Waals surface area contributed by atoms with Crippen LogP contribution < -0.4 is 9.47 Å². The summed E-state index contributed by atoms with van der Waals surface area (Å²) in [4.78, 5) is 0. The molecule has 0 unspecified atom stereocenters. The molecule has 0 saturated carbocycles. The molecule has 3 rings (SSSR count). The number of benzene rings is 2. The van der Waals surface area contributed by atoms with Crippen LogP contribution in [0.4, 0.5) is 0 Å². The molecule has 2 aromatic rings. The Morgan fingerprint density at radius 3 is 2.04 bits per heavy atom. The molecule has 0 saturated heterocycles. The average molecular weight is 370 g/mol. The molecular formula is C22H26O5. The zero-order chi connectivity index (χ0) is 18.9. The second-order valence-corrected chi connectivity index (χ2v) is 6.29. The number of ether oxygens (including phenoxy) is 5. The fourth-order valence-electron chi connectivity index (χ4n) is 2.82. The topological polar surface area (TPSA) is 46.2 Å². The van der Waals surface area contributed by atoms with Gasteiger partial charge in [-0.3, -0.25) is 0 Å². The second kappa shape index (κ2) is 10.1. The first-order valence-electron chi connectivity index (χ1n) is 9.02. The third-order valence-electron chi connectivity index (χ3n) is 4.41. The predicted octanol–water partition coefficient (Wildman–Crippen LogP) is 3.76. The Morgan fingerprint density at radius 1 is 0.852 bits per heavy atom. The molecular weight excluding hydrogens is 344 g/mol. The molecule has 5 nitrogen and oxygen atoms in total. The summed E-state index contributed by atoms with van der Waals surface area (Å²) in [5.41, 5.74) is 2.19. The third-order valence-corrected chi connectivity index (χ3v) is 4.41. The molecule has 144 valence electrons. The lowest BCUT2D eigenvalue weighted by molar-refractivity contribution is -0.0944. The SMILES string of the molecule is COc1ccc(COC[C@H]2OCC=C[C@@H]2OCc2ccc(OC)cc2)cc1. The summed E-state index contributed by atoms with van der Waals surface area (Å²) in [7, 11) is 3.32. The molecule has 0 aromatic heterocycles. The van der Waals surface area contributed by atoms with Gasteiger partial charge in [-0.25, -0.2) is 0 Å². The summed E-state index contributed by atoms with van der Waals surface area (Å²) in [6.07, 6.45) is 3.79. The standard InChI is InChI=1S/C22H26O5/c1-23-19-9-5-17(6-10-19)14-25-16-22-21(4-3-13-26-22)27-15-18-7-11-20(24-2)12-8-18/h3-12,21-22H,13-16H2,1-2H3/t21-,22+/m0/s1. The molecule has 5 heteroatoms. The predicted molar refractivity (Wildman–Crippen MR) is 103 cm³/mol. The quantitative estimate of drug-likeness (QED) is 0.629. The summed E-state index contributed by atoms with van der Waals surface area (Å²) in [6, 6.07) is 15.7. The van der Waals surface area contributed by atoms with Crippen molar-refractivity contribution in [3.05, 3.63) is 71.8 Å². The van der Waals surface area contributed by atoms with Gasteiger partial charge in [0.05, 0.1) is 40.6 Å². The zero-order valence-corrected chi connectivity index (χ0v) is 15.8. The van der Waals surface area contributed by atoms with E-state index in [0.29, 0.717) is 26.4 Å². The first-order valence-corrected chi connectivity index (χ1v) is 9.02. The molecule has 0 N–H and O–H groups in total. The Labute approximate surface area is 160 Å². The fourth-order valence-corrected chi connectivity index (χ4v) is 2.82. The van der Waals surface area contributed by atoms with Crippen LogP contribution in [0.15, 0.2) is 60.7 Å². The van der Waals surface area contributed by atoms with E-state index >= 15 is 0 Å². The molecule has 1 heterocycles. The summed E-state index contributed by atoms with van der Waals surface area (Å²) in [5.74, 6) is 1.68. The summed E-state index contributed by atoms with van der Waals surface area (Å²) in [6.45, 7) is 2.10. The van der Waals surface area contributed by atoms with Crippen molar-refractivity contribution in [3.8, 4) is 11.5 Å².